The van der Waals surface area contributed by atoms with Crippen molar-refractivity contribution in [2.24, 2.45) is 17.6 Å². The molecule has 0 radical (unpaired) electrons. The van der Waals surface area contributed by atoms with Crippen LogP contribution in [0, 0.1) is 23.5 Å². The fourth-order valence-electron chi connectivity index (χ4n) is 10.1. The van der Waals surface area contributed by atoms with E-state index in [0.717, 1.165) is 43.9 Å². The zero-order valence-corrected chi connectivity index (χ0v) is 58.2. The molecule has 2 saturated carbocycles. The molecule has 0 bridgehead atoms. The van der Waals surface area contributed by atoms with Gasteiger partial charge in [-0.2, -0.15) is 26.3 Å². The summed E-state index contributed by atoms with van der Waals surface area (Å²) in [5.41, 5.74) is 6.82. The number of phenols is 1. The Morgan fingerprint density at radius 2 is 0.817 bits per heavy atom. The fraction of sp³-hybridized carbons (Fsp3) is 0.306. The lowest BCUT2D eigenvalue weighted by Crippen LogP contribution is -2.38. The molecule has 2 heterocycles. The zero-order chi connectivity index (χ0) is 76.8. The van der Waals surface area contributed by atoms with Crippen LogP contribution in [0.4, 0.5) is 35.1 Å². The number of pyridine rings is 2. The van der Waals surface area contributed by atoms with Crippen LogP contribution < -0.4 is 48.4 Å². The first-order valence-corrected chi connectivity index (χ1v) is 31.6. The van der Waals surface area contributed by atoms with Crippen molar-refractivity contribution >= 4 is 46.9 Å². The van der Waals surface area contributed by atoms with E-state index in [1.807, 2.05) is 0 Å². The fourth-order valence-corrected chi connectivity index (χ4v) is 10.4. The van der Waals surface area contributed by atoms with Crippen LogP contribution in [-0.2, 0) is 20.7 Å². The van der Waals surface area contributed by atoms with Gasteiger partial charge in [0, 0.05) is 29.7 Å². The van der Waals surface area contributed by atoms with Gasteiger partial charge in [0.2, 0.25) is 0 Å². The van der Waals surface area contributed by atoms with Crippen molar-refractivity contribution < 1.29 is 127 Å². The van der Waals surface area contributed by atoms with Crippen molar-refractivity contribution in [1.29, 1.82) is 0 Å². The number of carboxylic acid groups (broad SMARTS) is 1. The van der Waals surface area contributed by atoms with Crippen LogP contribution in [-0.4, -0.2) is 137 Å². The molecule has 0 aliphatic heterocycles. The third kappa shape index (κ3) is 22.1. The van der Waals surface area contributed by atoms with Crippen molar-refractivity contribution in [2.45, 2.75) is 69.6 Å². The van der Waals surface area contributed by atoms with Crippen LogP contribution in [0.2, 0.25) is 10.0 Å². The molecule has 2 aliphatic carbocycles. The molecule has 2 aromatic heterocycles. The lowest BCUT2D eigenvalue weighted by atomic mass is 9.86. The SMILES string of the molecule is COC(=O)c1ccc(O)c(OC)c1.COC(=O)c1ccc(OC(F)F)c(OC)c1.COc1cc(C(=O)CCC(O)(c2ccc(OC)c(-c3ccc(F)c(Cl)c3)n2)C2CC2)ccc1OC(F)F.COc1cc(C(=O)O)ccc1OC(F)F.COc1ccc(C(O)(CN)C2CC2)nc1-c1ccc(F)c(Cl)c1. The summed E-state index contributed by atoms with van der Waals surface area (Å²) in [7, 11) is 10.7. The van der Waals surface area contributed by atoms with E-state index in [0.29, 0.717) is 51.0 Å². The third-order valence-electron chi connectivity index (χ3n) is 15.7. The summed E-state index contributed by atoms with van der Waals surface area (Å²) >= 11 is 11.8. The highest BCUT2D eigenvalue weighted by Crippen LogP contribution is 2.50. The minimum Gasteiger partial charge on any atom is -0.504 e. The Morgan fingerprint density at radius 1 is 0.471 bits per heavy atom. The standard InChI is InChI=1S/C27H25ClF3NO5.C17H18ClFN2O2.C10H10F2O4.C9H8F2O4.C9H10O4/c1-35-22-9-10-24(32-25(22)16-3-7-19(29)18(28)13-16)27(34,17-5-6-17)12-11-20(33)15-4-8-21(37-26(30)31)23(14-15)36-2;1-23-14-6-7-15(17(22,9-20)11-3-4-11)21-16(14)10-2-5-13(19)12(18)8-10;1-14-8-5-6(9(13)15-2)3-4-7(8)16-10(11)12;1-14-7-4-5(8(12)13)2-3-6(7)15-9(10)11;1-12-8-5-6(9(11)13-2)3-4-7(8)10/h3-4,7-10,13-14,17,26,34H,5-6,11-12H2,1-2H3;2,5-8,11,22H,3-4,9,20H2,1H3;3-5,10H,1-2H3;2-4,9H,1H3,(H,12,13);3-5,10H,1-2H3. The van der Waals surface area contributed by atoms with E-state index in [2.05, 4.69) is 33.7 Å². The summed E-state index contributed by atoms with van der Waals surface area (Å²) in [6.07, 6.45) is 3.44. The van der Waals surface area contributed by atoms with E-state index >= 15 is 0 Å². The molecule has 22 nitrogen and oxygen atoms in total. The number of benzene rings is 6. The van der Waals surface area contributed by atoms with Crippen LogP contribution in [0.15, 0.2) is 133 Å². The number of carbonyl (C=O) groups is 4. The van der Waals surface area contributed by atoms with Crippen LogP contribution >= 0.6 is 23.2 Å². The Hall–Kier alpha value is -10.4. The molecule has 6 aromatic carbocycles. The molecule has 32 heteroatoms. The first kappa shape index (κ1) is 82.6. The summed E-state index contributed by atoms with van der Waals surface area (Å²) in [6.45, 7) is -8.86. The number of esters is 2. The highest BCUT2D eigenvalue weighted by atomic mass is 35.5. The Balaban J connectivity index is 0.000000218. The number of hydrogen-bond acceptors (Lipinski definition) is 21. The smallest absolute Gasteiger partial charge is 0.387 e. The van der Waals surface area contributed by atoms with Gasteiger partial charge in [-0.3, -0.25) is 4.79 Å². The molecular weight excluding hydrogens is 1430 g/mol. The molecule has 2 aliphatic rings. The predicted molar refractivity (Wildman–Crippen MR) is 361 cm³/mol. The second kappa shape index (κ2) is 38.2. The number of aromatic hydroxyl groups is 1. The summed E-state index contributed by atoms with van der Waals surface area (Å²) in [5, 5.41) is 40.4. The normalized spacial score (nSPS) is 13.2. The quantitative estimate of drug-likeness (QED) is 0.0191. The number of aliphatic hydroxyl groups is 2. The summed E-state index contributed by atoms with van der Waals surface area (Å²) in [6, 6.07) is 30.7. The number of nitrogens with zero attached hydrogens (tertiary/aromatic N) is 2. The molecule has 104 heavy (non-hydrogen) atoms. The molecule has 10 rings (SSSR count). The number of alkyl halides is 6. The number of hydrogen-bond donors (Lipinski definition) is 5. The van der Waals surface area contributed by atoms with E-state index in [1.165, 1.54) is 142 Å². The van der Waals surface area contributed by atoms with Gasteiger partial charge in [0.15, 0.2) is 51.8 Å². The molecule has 6 N–H and O–H groups in total. The monoisotopic (exact) mass is 1500 g/mol. The van der Waals surface area contributed by atoms with Crippen LogP contribution in [0.3, 0.4) is 0 Å². The maximum absolute atomic E-state index is 13.7. The number of Topliss-reactive ketones (excluding diaryl/α,β-unsaturated/α-hetero) is 1. The van der Waals surface area contributed by atoms with Crippen molar-refractivity contribution in [3.8, 4) is 80.0 Å². The van der Waals surface area contributed by atoms with Gasteiger partial charge in [0.05, 0.1) is 95.0 Å². The van der Waals surface area contributed by atoms with Crippen molar-refractivity contribution in [3.63, 3.8) is 0 Å². The van der Waals surface area contributed by atoms with E-state index in [4.69, 9.17) is 62.5 Å². The van der Waals surface area contributed by atoms with Gasteiger partial charge in [-0.15, -0.1) is 0 Å². The Bertz CT molecular complexity index is 4270. The average Bonchev–Trinajstić information content (AvgIpc) is 1.50. The molecule has 0 amide bonds. The number of rotatable bonds is 26. The van der Waals surface area contributed by atoms with Crippen LogP contribution in [0.1, 0.15) is 91.3 Å². The Labute approximate surface area is 600 Å². The molecule has 0 saturated heterocycles. The van der Waals surface area contributed by atoms with E-state index in [9.17, 15) is 69.6 Å². The topological polar surface area (TPSA) is 303 Å². The predicted octanol–water partition coefficient (Wildman–Crippen LogP) is 14.8. The molecule has 8 aromatic rings. The lowest BCUT2D eigenvalue weighted by molar-refractivity contribution is -0.0518. The third-order valence-corrected chi connectivity index (χ3v) is 16.3. The van der Waals surface area contributed by atoms with E-state index < -0.39 is 60.6 Å². The second-order valence-electron chi connectivity index (χ2n) is 22.2. The second-order valence-corrected chi connectivity index (χ2v) is 23.0. The van der Waals surface area contributed by atoms with Crippen molar-refractivity contribution in [1.82, 2.24) is 9.97 Å². The van der Waals surface area contributed by atoms with Crippen molar-refractivity contribution in [3.05, 3.63) is 189 Å². The Kier molecular flexibility index (Phi) is 30.3. The van der Waals surface area contributed by atoms with Gasteiger partial charge in [-0.05, 0) is 177 Å². The minimum atomic E-state index is -3.03. The van der Waals surface area contributed by atoms with Crippen molar-refractivity contribution in [2.75, 3.05) is 63.4 Å². The highest BCUT2D eigenvalue weighted by Gasteiger charge is 2.47. The molecule has 2 unspecified atom stereocenters. The first-order valence-electron chi connectivity index (χ1n) is 30.8. The largest absolute Gasteiger partial charge is 0.504 e. The maximum Gasteiger partial charge on any atom is 0.387 e. The number of ether oxygens (including phenoxy) is 11. The zero-order valence-electron chi connectivity index (χ0n) is 56.7. The summed E-state index contributed by atoms with van der Waals surface area (Å²) in [5.74, 6) is -2.88. The van der Waals surface area contributed by atoms with E-state index in [-0.39, 0.29) is 110 Å². The van der Waals surface area contributed by atoms with Gasteiger partial charge in [-0.25, -0.2) is 33.1 Å². The van der Waals surface area contributed by atoms with Gasteiger partial charge in [-0.1, -0.05) is 23.2 Å². The molecular formula is C72H71Cl2F8N3O19. The van der Waals surface area contributed by atoms with Gasteiger partial charge in [0.25, 0.3) is 0 Å². The van der Waals surface area contributed by atoms with Gasteiger partial charge in [0.1, 0.15) is 45.7 Å². The molecule has 2 atom stereocenters. The Morgan fingerprint density at radius 3 is 1.18 bits per heavy atom. The molecule has 0 spiro atoms. The lowest BCUT2D eigenvalue weighted by Gasteiger charge is -2.28. The maximum atomic E-state index is 13.7. The number of phenolic OH excluding ortho intramolecular Hbond substituents is 1. The van der Waals surface area contributed by atoms with Crippen LogP contribution in [0.25, 0.3) is 22.5 Å². The van der Waals surface area contributed by atoms with Crippen LogP contribution in [0.5, 0.6) is 57.5 Å². The first-order chi connectivity index (χ1) is 49.5. The number of aromatic carboxylic acids is 1. The number of carboxylic acids is 1. The summed E-state index contributed by atoms with van der Waals surface area (Å²) < 4.78 is 152. The number of nitrogens with two attached hydrogens (primary N) is 1. The number of aromatic nitrogens is 2. The number of carbonyl (C=O) groups excluding carboxylic acids is 3. The van der Waals surface area contributed by atoms with Gasteiger partial charge >= 0.3 is 37.7 Å². The molecule has 2 fully saturated rings. The summed E-state index contributed by atoms with van der Waals surface area (Å²) in [4.78, 5) is 54.9. The number of halogens is 10. The average molecular weight is 1510 g/mol. The number of ketones is 1. The highest BCUT2D eigenvalue weighted by molar-refractivity contribution is 6.31. The number of methoxy groups -OCH3 is 8. The van der Waals surface area contributed by atoms with E-state index in [1.54, 1.807) is 30.3 Å². The minimum absolute atomic E-state index is 0.00280. The molecule has 558 valence electrons. The van der Waals surface area contributed by atoms with Gasteiger partial charge < -0.3 is 78.3 Å².